The van der Waals surface area contributed by atoms with Crippen LogP contribution in [0, 0.1) is 11.8 Å². The van der Waals surface area contributed by atoms with Crippen molar-refractivity contribution >= 4 is 5.91 Å². The molecular weight excluding hydrogens is 224 g/mol. The van der Waals surface area contributed by atoms with Gasteiger partial charge in [0.15, 0.2) is 0 Å². The van der Waals surface area contributed by atoms with Crippen LogP contribution in [0.1, 0.15) is 51.9 Å². The largest absolute Gasteiger partial charge is 0.342 e. The van der Waals surface area contributed by atoms with Crippen molar-refractivity contribution in [2.24, 2.45) is 11.8 Å². The quantitative estimate of drug-likeness (QED) is 0.787. The number of nitrogens with one attached hydrogen (secondary N) is 1. The van der Waals surface area contributed by atoms with E-state index in [9.17, 15) is 4.79 Å². The first-order valence-corrected chi connectivity index (χ1v) is 7.78. The van der Waals surface area contributed by atoms with Crippen molar-refractivity contribution < 1.29 is 4.79 Å². The second-order valence-corrected chi connectivity index (χ2v) is 6.04. The van der Waals surface area contributed by atoms with E-state index in [2.05, 4.69) is 17.1 Å². The Bertz CT molecular complexity index is 263. The highest BCUT2D eigenvalue weighted by Crippen LogP contribution is 2.27. The van der Waals surface area contributed by atoms with E-state index < -0.39 is 0 Å². The molecule has 104 valence electrons. The average Bonchev–Trinajstić information content (AvgIpc) is 3.16. The van der Waals surface area contributed by atoms with E-state index in [0.29, 0.717) is 12.5 Å². The van der Waals surface area contributed by atoms with E-state index >= 15 is 0 Å². The van der Waals surface area contributed by atoms with Crippen LogP contribution in [0.5, 0.6) is 0 Å². The van der Waals surface area contributed by atoms with Gasteiger partial charge in [-0.2, -0.15) is 0 Å². The minimum atomic E-state index is 0.313. The Kier molecular flexibility index (Phi) is 5.48. The third-order valence-electron chi connectivity index (χ3n) is 4.30. The molecule has 18 heavy (non-hydrogen) atoms. The molecular formula is C15H28N2O. The Labute approximate surface area is 111 Å². The van der Waals surface area contributed by atoms with Gasteiger partial charge in [-0.05, 0) is 50.5 Å². The van der Waals surface area contributed by atoms with Crippen LogP contribution in [0.15, 0.2) is 0 Å². The fraction of sp³-hybridized carbons (Fsp3) is 0.933. The fourth-order valence-electron chi connectivity index (χ4n) is 2.93. The molecule has 2 rings (SSSR count). The number of carbonyl (C=O) groups excluding carboxylic acids is 1. The van der Waals surface area contributed by atoms with Crippen molar-refractivity contribution in [2.75, 3.05) is 26.2 Å². The second-order valence-electron chi connectivity index (χ2n) is 6.04. The Morgan fingerprint density at radius 3 is 2.72 bits per heavy atom. The highest BCUT2D eigenvalue weighted by atomic mass is 16.2. The summed E-state index contributed by atoms with van der Waals surface area (Å²) in [4.78, 5) is 14.2. The highest BCUT2D eigenvalue weighted by molar-refractivity contribution is 5.78. The number of rotatable bonds is 6. The van der Waals surface area contributed by atoms with Gasteiger partial charge < -0.3 is 10.2 Å². The van der Waals surface area contributed by atoms with E-state index in [0.717, 1.165) is 31.5 Å². The maximum absolute atomic E-state index is 12.1. The maximum Gasteiger partial charge on any atom is 0.236 e. The van der Waals surface area contributed by atoms with Crippen LogP contribution in [-0.4, -0.2) is 37.0 Å². The number of amides is 1. The second kappa shape index (κ2) is 7.13. The average molecular weight is 252 g/mol. The SMILES string of the molecule is CCCC1CCCN(C(=O)CNCC2CC2)CC1. The number of hydrogen-bond acceptors (Lipinski definition) is 2. The summed E-state index contributed by atoms with van der Waals surface area (Å²) < 4.78 is 0. The molecule has 0 aromatic carbocycles. The minimum Gasteiger partial charge on any atom is -0.342 e. The number of carbonyl (C=O) groups is 1. The van der Waals surface area contributed by atoms with Gasteiger partial charge in [0.1, 0.15) is 0 Å². The summed E-state index contributed by atoms with van der Waals surface area (Å²) in [7, 11) is 0. The number of nitrogens with zero attached hydrogens (tertiary/aromatic N) is 1. The summed E-state index contributed by atoms with van der Waals surface area (Å²) in [5.74, 6) is 2.02. The minimum absolute atomic E-state index is 0.313. The first-order chi connectivity index (χ1) is 8.79. The van der Waals surface area contributed by atoms with Crippen molar-refractivity contribution in [3.63, 3.8) is 0 Å². The van der Waals surface area contributed by atoms with Crippen molar-refractivity contribution in [1.29, 1.82) is 0 Å². The lowest BCUT2D eigenvalue weighted by Crippen LogP contribution is -2.39. The van der Waals surface area contributed by atoms with Crippen LogP contribution in [0.3, 0.4) is 0 Å². The highest BCUT2D eigenvalue weighted by Gasteiger charge is 2.22. The van der Waals surface area contributed by atoms with Crippen LogP contribution in [0.2, 0.25) is 0 Å². The molecule has 1 aliphatic carbocycles. The Balaban J connectivity index is 1.65. The molecule has 0 radical (unpaired) electrons. The van der Waals surface area contributed by atoms with Crippen LogP contribution >= 0.6 is 0 Å². The summed E-state index contributed by atoms with van der Waals surface area (Å²) in [6.45, 7) is 5.81. The Morgan fingerprint density at radius 2 is 2.00 bits per heavy atom. The zero-order valence-corrected chi connectivity index (χ0v) is 11.8. The monoisotopic (exact) mass is 252 g/mol. The van der Waals surface area contributed by atoms with E-state index in [4.69, 9.17) is 0 Å². The normalized spacial score (nSPS) is 24.9. The van der Waals surface area contributed by atoms with Gasteiger partial charge in [-0.1, -0.05) is 19.8 Å². The molecule has 1 heterocycles. The number of likely N-dealkylation sites (tertiary alicyclic amines) is 1. The van der Waals surface area contributed by atoms with Gasteiger partial charge in [-0.15, -0.1) is 0 Å². The molecule has 1 saturated carbocycles. The zero-order valence-electron chi connectivity index (χ0n) is 11.8. The molecule has 3 heteroatoms. The van der Waals surface area contributed by atoms with Gasteiger partial charge in [0.2, 0.25) is 5.91 Å². The standard InChI is InChI=1S/C15H28N2O/c1-2-4-13-5-3-9-17(10-8-13)15(18)12-16-11-14-6-7-14/h13-14,16H,2-12H2,1H3. The fourth-order valence-corrected chi connectivity index (χ4v) is 2.93. The van der Waals surface area contributed by atoms with Gasteiger partial charge in [-0.3, -0.25) is 4.79 Å². The molecule has 1 saturated heterocycles. The Hall–Kier alpha value is -0.570. The molecule has 2 aliphatic rings. The molecule has 0 spiro atoms. The van der Waals surface area contributed by atoms with Crippen LogP contribution in [0.25, 0.3) is 0 Å². The lowest BCUT2D eigenvalue weighted by Gasteiger charge is -2.21. The van der Waals surface area contributed by atoms with E-state index in [1.165, 1.54) is 44.9 Å². The smallest absolute Gasteiger partial charge is 0.236 e. The lowest BCUT2D eigenvalue weighted by atomic mass is 9.96. The predicted molar refractivity (Wildman–Crippen MR) is 74.4 cm³/mol. The van der Waals surface area contributed by atoms with Crippen molar-refractivity contribution in [3.05, 3.63) is 0 Å². The zero-order chi connectivity index (χ0) is 12.8. The number of hydrogen-bond donors (Lipinski definition) is 1. The molecule has 1 aliphatic heterocycles. The molecule has 0 aromatic heterocycles. The van der Waals surface area contributed by atoms with E-state index in [1.54, 1.807) is 0 Å². The van der Waals surface area contributed by atoms with Crippen LogP contribution < -0.4 is 5.32 Å². The molecule has 1 N–H and O–H groups in total. The van der Waals surface area contributed by atoms with Gasteiger partial charge in [0.25, 0.3) is 0 Å². The van der Waals surface area contributed by atoms with Gasteiger partial charge in [0, 0.05) is 13.1 Å². The van der Waals surface area contributed by atoms with Gasteiger partial charge >= 0.3 is 0 Å². The Morgan fingerprint density at radius 1 is 1.17 bits per heavy atom. The van der Waals surface area contributed by atoms with E-state index in [-0.39, 0.29) is 0 Å². The molecule has 3 nitrogen and oxygen atoms in total. The first-order valence-electron chi connectivity index (χ1n) is 7.78. The molecule has 1 unspecified atom stereocenters. The lowest BCUT2D eigenvalue weighted by molar-refractivity contribution is -0.130. The third-order valence-corrected chi connectivity index (χ3v) is 4.30. The van der Waals surface area contributed by atoms with Crippen LogP contribution in [-0.2, 0) is 4.79 Å². The van der Waals surface area contributed by atoms with Crippen molar-refractivity contribution in [3.8, 4) is 0 Å². The van der Waals surface area contributed by atoms with Crippen LogP contribution in [0.4, 0.5) is 0 Å². The molecule has 2 fully saturated rings. The maximum atomic E-state index is 12.1. The summed E-state index contributed by atoms with van der Waals surface area (Å²) in [6, 6.07) is 0. The molecule has 1 atom stereocenters. The topological polar surface area (TPSA) is 32.3 Å². The summed E-state index contributed by atoms with van der Waals surface area (Å²) in [6.07, 6.45) is 9.03. The van der Waals surface area contributed by atoms with Crippen molar-refractivity contribution in [1.82, 2.24) is 10.2 Å². The molecule has 0 bridgehead atoms. The van der Waals surface area contributed by atoms with Gasteiger partial charge in [0.05, 0.1) is 6.54 Å². The third kappa shape index (κ3) is 4.60. The molecule has 1 amide bonds. The van der Waals surface area contributed by atoms with Gasteiger partial charge in [-0.25, -0.2) is 0 Å². The van der Waals surface area contributed by atoms with E-state index in [1.807, 2.05) is 0 Å². The predicted octanol–water partition coefficient (Wildman–Crippen LogP) is 2.41. The summed E-state index contributed by atoms with van der Waals surface area (Å²) in [5.41, 5.74) is 0. The summed E-state index contributed by atoms with van der Waals surface area (Å²) in [5, 5.41) is 3.31. The van der Waals surface area contributed by atoms with Crippen molar-refractivity contribution in [2.45, 2.75) is 51.9 Å². The first kappa shape index (κ1) is 13.9. The summed E-state index contributed by atoms with van der Waals surface area (Å²) >= 11 is 0. The molecule has 0 aromatic rings.